The summed E-state index contributed by atoms with van der Waals surface area (Å²) in [4.78, 5) is 4.67. The Morgan fingerprint density at radius 1 is 1.00 bits per heavy atom. The molecule has 1 aliphatic rings. The van der Waals surface area contributed by atoms with Gasteiger partial charge in [-0.3, -0.25) is 4.90 Å². The summed E-state index contributed by atoms with van der Waals surface area (Å²) in [6.07, 6.45) is 0. The van der Waals surface area contributed by atoms with Crippen LogP contribution in [0.3, 0.4) is 0 Å². The van der Waals surface area contributed by atoms with Gasteiger partial charge in [-0.05, 0) is 40.3 Å². The van der Waals surface area contributed by atoms with Gasteiger partial charge in [-0.1, -0.05) is 24.3 Å². The third-order valence-electron chi connectivity index (χ3n) is 5.60. The summed E-state index contributed by atoms with van der Waals surface area (Å²) in [5.41, 5.74) is 2.05. The van der Waals surface area contributed by atoms with Crippen molar-refractivity contribution < 1.29 is 13.9 Å². The summed E-state index contributed by atoms with van der Waals surface area (Å²) in [6, 6.07) is 14.5. The fraction of sp³-hybridized carbons (Fsp3) is 0.409. The molecule has 0 amide bonds. The molecule has 1 saturated heterocycles. The molecule has 4 rings (SSSR count). The highest BCUT2D eigenvalue weighted by atomic mass is 19.1. The summed E-state index contributed by atoms with van der Waals surface area (Å²) in [6.45, 7) is 4.33. The van der Waals surface area contributed by atoms with Gasteiger partial charge < -0.3 is 14.4 Å². The number of para-hydroxylation sites is 2. The van der Waals surface area contributed by atoms with Crippen LogP contribution in [0.15, 0.2) is 48.5 Å². The standard InChI is InChI=1S/C22H27FN6O2/c1-30-16-15-29-22(24-25-26-29)21(17-7-9-18(23)10-8-17)28-13-11-27(12-14-28)19-5-3-4-6-20(19)31-2/h3-10,21H,11-16H2,1-2H3. The van der Waals surface area contributed by atoms with Crippen LogP contribution in [0.5, 0.6) is 5.75 Å². The topological polar surface area (TPSA) is 68.5 Å². The van der Waals surface area contributed by atoms with Crippen LogP contribution < -0.4 is 9.64 Å². The average molecular weight is 426 g/mol. The lowest BCUT2D eigenvalue weighted by Gasteiger charge is -2.40. The molecular formula is C22H27FN6O2. The van der Waals surface area contributed by atoms with Gasteiger partial charge in [0.05, 0.1) is 32.0 Å². The molecule has 9 heteroatoms. The molecule has 31 heavy (non-hydrogen) atoms. The number of rotatable bonds is 8. The fourth-order valence-electron chi connectivity index (χ4n) is 4.02. The normalized spacial score (nSPS) is 15.8. The van der Waals surface area contributed by atoms with Crippen LogP contribution in [0.1, 0.15) is 17.4 Å². The number of hydrogen-bond acceptors (Lipinski definition) is 7. The van der Waals surface area contributed by atoms with E-state index in [9.17, 15) is 4.39 Å². The van der Waals surface area contributed by atoms with Crippen molar-refractivity contribution in [2.45, 2.75) is 12.6 Å². The summed E-state index contributed by atoms with van der Waals surface area (Å²) < 4.78 is 26.1. The van der Waals surface area contributed by atoms with E-state index in [1.807, 2.05) is 30.3 Å². The Morgan fingerprint density at radius 3 is 2.45 bits per heavy atom. The summed E-state index contributed by atoms with van der Waals surface area (Å²) >= 11 is 0. The van der Waals surface area contributed by atoms with Crippen molar-refractivity contribution in [2.24, 2.45) is 0 Å². The highest BCUT2D eigenvalue weighted by molar-refractivity contribution is 5.58. The Balaban J connectivity index is 1.58. The highest BCUT2D eigenvalue weighted by Crippen LogP contribution is 2.32. The number of ether oxygens (including phenoxy) is 2. The molecule has 0 saturated carbocycles. The molecule has 1 unspecified atom stereocenters. The number of hydrogen-bond donors (Lipinski definition) is 0. The van der Waals surface area contributed by atoms with Crippen LogP contribution in [0.2, 0.25) is 0 Å². The molecule has 0 N–H and O–H groups in total. The van der Waals surface area contributed by atoms with E-state index >= 15 is 0 Å². The predicted octanol–water partition coefficient (Wildman–Crippen LogP) is 2.38. The number of nitrogens with zero attached hydrogens (tertiary/aromatic N) is 6. The first-order valence-electron chi connectivity index (χ1n) is 10.3. The van der Waals surface area contributed by atoms with Gasteiger partial charge in [-0.25, -0.2) is 9.07 Å². The van der Waals surface area contributed by atoms with E-state index in [-0.39, 0.29) is 11.9 Å². The van der Waals surface area contributed by atoms with E-state index in [4.69, 9.17) is 9.47 Å². The number of benzene rings is 2. The molecule has 164 valence electrons. The molecule has 3 aromatic rings. The van der Waals surface area contributed by atoms with Crippen molar-refractivity contribution in [1.82, 2.24) is 25.1 Å². The van der Waals surface area contributed by atoms with Gasteiger partial charge in [-0.2, -0.15) is 0 Å². The number of methoxy groups -OCH3 is 2. The van der Waals surface area contributed by atoms with E-state index in [0.29, 0.717) is 13.2 Å². The molecule has 0 radical (unpaired) electrons. The zero-order valence-corrected chi connectivity index (χ0v) is 17.8. The number of halogens is 1. The highest BCUT2D eigenvalue weighted by Gasteiger charge is 2.31. The van der Waals surface area contributed by atoms with Crippen LogP contribution in [-0.2, 0) is 11.3 Å². The first-order chi connectivity index (χ1) is 15.2. The molecule has 8 nitrogen and oxygen atoms in total. The van der Waals surface area contributed by atoms with E-state index < -0.39 is 0 Å². The van der Waals surface area contributed by atoms with Crippen LogP contribution >= 0.6 is 0 Å². The van der Waals surface area contributed by atoms with Crippen LogP contribution in [-0.4, -0.2) is 72.1 Å². The molecule has 0 spiro atoms. The van der Waals surface area contributed by atoms with Crippen molar-refractivity contribution in [3.05, 3.63) is 65.7 Å². The van der Waals surface area contributed by atoms with Crippen LogP contribution in [0, 0.1) is 5.82 Å². The lowest BCUT2D eigenvalue weighted by atomic mass is 10.0. The zero-order chi connectivity index (χ0) is 21.6. The molecular weight excluding hydrogens is 399 g/mol. The maximum Gasteiger partial charge on any atom is 0.173 e. The quantitative estimate of drug-likeness (QED) is 0.548. The van der Waals surface area contributed by atoms with Crippen LogP contribution in [0.25, 0.3) is 0 Å². The molecule has 2 aromatic carbocycles. The van der Waals surface area contributed by atoms with E-state index in [1.54, 1.807) is 18.9 Å². The van der Waals surface area contributed by atoms with Gasteiger partial charge >= 0.3 is 0 Å². The summed E-state index contributed by atoms with van der Waals surface area (Å²) in [5.74, 6) is 1.34. The number of piperazine rings is 1. The molecule has 2 heterocycles. The largest absolute Gasteiger partial charge is 0.495 e. The lowest BCUT2D eigenvalue weighted by Crippen LogP contribution is -2.48. The lowest BCUT2D eigenvalue weighted by molar-refractivity contribution is 0.171. The van der Waals surface area contributed by atoms with Gasteiger partial charge in [0.1, 0.15) is 11.6 Å². The second-order valence-corrected chi connectivity index (χ2v) is 7.40. The Hall–Kier alpha value is -3.04. The molecule has 1 atom stereocenters. The molecule has 0 aliphatic carbocycles. The third-order valence-corrected chi connectivity index (χ3v) is 5.60. The number of anilines is 1. The van der Waals surface area contributed by atoms with Gasteiger partial charge in [0.15, 0.2) is 5.82 Å². The van der Waals surface area contributed by atoms with Crippen molar-refractivity contribution in [1.29, 1.82) is 0 Å². The van der Waals surface area contributed by atoms with E-state index in [1.165, 1.54) is 12.1 Å². The zero-order valence-electron chi connectivity index (χ0n) is 17.8. The van der Waals surface area contributed by atoms with E-state index in [2.05, 4.69) is 31.4 Å². The monoisotopic (exact) mass is 426 g/mol. The maximum atomic E-state index is 13.6. The number of tetrazole rings is 1. The minimum Gasteiger partial charge on any atom is -0.495 e. The predicted molar refractivity (Wildman–Crippen MR) is 115 cm³/mol. The maximum absolute atomic E-state index is 13.6. The Morgan fingerprint density at radius 2 is 1.74 bits per heavy atom. The van der Waals surface area contributed by atoms with Gasteiger partial charge in [0.2, 0.25) is 0 Å². The minimum atomic E-state index is -0.262. The second-order valence-electron chi connectivity index (χ2n) is 7.40. The van der Waals surface area contributed by atoms with Crippen molar-refractivity contribution in [3.8, 4) is 5.75 Å². The minimum absolute atomic E-state index is 0.174. The Kier molecular flexibility index (Phi) is 6.73. The molecule has 1 aliphatic heterocycles. The van der Waals surface area contributed by atoms with E-state index in [0.717, 1.165) is 49.0 Å². The fourth-order valence-corrected chi connectivity index (χ4v) is 4.02. The first kappa shape index (κ1) is 21.2. The molecule has 1 fully saturated rings. The van der Waals surface area contributed by atoms with Gasteiger partial charge in [0, 0.05) is 33.3 Å². The second kappa shape index (κ2) is 9.84. The first-order valence-corrected chi connectivity index (χ1v) is 10.3. The smallest absolute Gasteiger partial charge is 0.173 e. The number of aromatic nitrogens is 4. The van der Waals surface area contributed by atoms with Crippen molar-refractivity contribution in [3.63, 3.8) is 0 Å². The van der Waals surface area contributed by atoms with Crippen LogP contribution in [0.4, 0.5) is 10.1 Å². The Labute approximate surface area is 181 Å². The molecule has 0 bridgehead atoms. The third kappa shape index (κ3) is 4.67. The summed E-state index contributed by atoms with van der Waals surface area (Å²) in [5, 5.41) is 12.4. The molecule has 1 aromatic heterocycles. The summed E-state index contributed by atoms with van der Waals surface area (Å²) in [7, 11) is 3.35. The van der Waals surface area contributed by atoms with Gasteiger partial charge in [-0.15, -0.1) is 5.10 Å². The Bertz CT molecular complexity index is 972. The average Bonchev–Trinajstić information content (AvgIpc) is 3.27. The van der Waals surface area contributed by atoms with Crippen molar-refractivity contribution in [2.75, 3.05) is 51.9 Å². The SMILES string of the molecule is COCCn1nnnc1C(c1ccc(F)cc1)N1CCN(c2ccccc2OC)CC1. The van der Waals surface area contributed by atoms with Crippen molar-refractivity contribution >= 4 is 5.69 Å². The van der Waals surface area contributed by atoms with Gasteiger partial charge in [0.25, 0.3) is 0 Å².